The van der Waals surface area contributed by atoms with E-state index in [2.05, 4.69) is 0 Å². The minimum atomic E-state index is -0.904. The number of ether oxygens (including phenoxy) is 1. The summed E-state index contributed by atoms with van der Waals surface area (Å²) in [6.45, 7) is 1.83. The molecule has 0 radical (unpaired) electrons. The second-order valence-corrected chi connectivity index (χ2v) is 11.2. The SMILES string of the molecule is CCOC(=O)C1=C(c2ccccc2)N=c2s/c(=C\c3ccc(-c4ccc(Cl)cc4Cl)o3)c(=O)n2[C@@H]1c1ccc(F)cc1. The number of carbonyl (C=O) groups excluding carboxylic acids is 1. The van der Waals surface area contributed by atoms with E-state index < -0.39 is 17.8 Å². The molecule has 0 bridgehead atoms. The Labute approximate surface area is 253 Å². The summed E-state index contributed by atoms with van der Waals surface area (Å²) in [6.07, 6.45) is 1.62. The zero-order chi connectivity index (χ0) is 29.4. The van der Waals surface area contributed by atoms with Gasteiger partial charge < -0.3 is 9.15 Å². The van der Waals surface area contributed by atoms with Gasteiger partial charge >= 0.3 is 5.97 Å². The highest BCUT2D eigenvalue weighted by molar-refractivity contribution is 7.07. The van der Waals surface area contributed by atoms with Crippen molar-refractivity contribution in [3.8, 4) is 11.3 Å². The van der Waals surface area contributed by atoms with E-state index in [-0.39, 0.29) is 17.7 Å². The average molecular weight is 620 g/mol. The summed E-state index contributed by atoms with van der Waals surface area (Å²) in [5, 5.41) is 0.936. The Kier molecular flexibility index (Phi) is 7.68. The monoisotopic (exact) mass is 618 g/mol. The molecule has 0 amide bonds. The topological polar surface area (TPSA) is 73.8 Å². The number of halogens is 3. The quantitative estimate of drug-likeness (QED) is 0.200. The molecule has 0 fully saturated rings. The summed E-state index contributed by atoms with van der Waals surface area (Å²) in [6, 6.07) is 22.6. The number of furan rings is 1. The molecule has 6 rings (SSSR count). The number of carbonyl (C=O) groups is 1. The molecule has 6 nitrogen and oxygen atoms in total. The summed E-state index contributed by atoms with van der Waals surface area (Å²) in [5.41, 5.74) is 2.06. The fourth-order valence-corrected chi connectivity index (χ4v) is 6.28. The molecule has 0 spiro atoms. The summed E-state index contributed by atoms with van der Waals surface area (Å²) in [7, 11) is 0. The zero-order valence-corrected chi connectivity index (χ0v) is 24.3. The van der Waals surface area contributed by atoms with Crippen LogP contribution >= 0.6 is 34.5 Å². The number of hydrogen-bond acceptors (Lipinski definition) is 6. The smallest absolute Gasteiger partial charge is 0.338 e. The van der Waals surface area contributed by atoms with Gasteiger partial charge in [0, 0.05) is 22.2 Å². The standard InChI is InChI=1S/C32H21Cl2FN2O4S/c1-2-40-31(39)27-28(18-6-4-3-5-7-18)36-32-37(29(27)19-8-11-21(35)12-9-19)30(38)26(42-32)17-22-13-15-25(41-22)23-14-10-20(33)16-24(23)34/h3-17,29H,2H2,1H3/b26-17-/t29-/m1/s1. The maximum absolute atomic E-state index is 14.0. The fourth-order valence-electron chi connectivity index (χ4n) is 4.79. The molecule has 0 saturated heterocycles. The molecule has 1 aliphatic heterocycles. The van der Waals surface area contributed by atoms with Crippen LogP contribution in [-0.4, -0.2) is 17.1 Å². The van der Waals surface area contributed by atoms with Gasteiger partial charge in [-0.05, 0) is 55.0 Å². The molecule has 1 atom stereocenters. The second kappa shape index (κ2) is 11.6. The van der Waals surface area contributed by atoms with Crippen LogP contribution in [0.2, 0.25) is 10.0 Å². The van der Waals surface area contributed by atoms with E-state index in [1.165, 1.54) is 16.7 Å². The van der Waals surface area contributed by atoms with Crippen molar-refractivity contribution in [1.29, 1.82) is 0 Å². The average Bonchev–Trinajstić information content (AvgIpc) is 3.57. The largest absolute Gasteiger partial charge is 0.463 e. The molecule has 3 aromatic carbocycles. The van der Waals surface area contributed by atoms with Gasteiger partial charge in [-0.2, -0.15) is 0 Å². The first-order valence-electron chi connectivity index (χ1n) is 12.9. The lowest BCUT2D eigenvalue weighted by Crippen LogP contribution is -2.40. The van der Waals surface area contributed by atoms with Gasteiger partial charge in [-0.1, -0.05) is 77.0 Å². The van der Waals surface area contributed by atoms with Crippen molar-refractivity contribution < 1.29 is 18.3 Å². The molecular weight excluding hydrogens is 598 g/mol. The Morgan fingerprint density at radius 2 is 1.83 bits per heavy atom. The number of fused-ring (bicyclic) bond motifs is 1. The van der Waals surface area contributed by atoms with Gasteiger partial charge in [0.2, 0.25) is 0 Å². The molecular formula is C32H21Cl2FN2O4S. The van der Waals surface area contributed by atoms with E-state index in [1.54, 1.807) is 55.5 Å². The first kappa shape index (κ1) is 27.9. The second-order valence-electron chi connectivity index (χ2n) is 9.31. The Morgan fingerprint density at radius 1 is 1.07 bits per heavy atom. The molecule has 2 aromatic heterocycles. The molecule has 10 heteroatoms. The van der Waals surface area contributed by atoms with E-state index in [0.29, 0.717) is 53.3 Å². The summed E-state index contributed by atoms with van der Waals surface area (Å²) >= 11 is 13.5. The number of aromatic nitrogens is 1. The van der Waals surface area contributed by atoms with Crippen LogP contribution in [0.25, 0.3) is 23.1 Å². The van der Waals surface area contributed by atoms with Gasteiger partial charge in [0.15, 0.2) is 4.80 Å². The zero-order valence-electron chi connectivity index (χ0n) is 22.0. The number of esters is 1. The van der Waals surface area contributed by atoms with E-state index in [1.807, 2.05) is 30.3 Å². The van der Waals surface area contributed by atoms with E-state index >= 15 is 0 Å². The molecule has 5 aromatic rings. The van der Waals surface area contributed by atoms with Crippen LogP contribution in [-0.2, 0) is 9.53 Å². The maximum Gasteiger partial charge on any atom is 0.338 e. The lowest BCUT2D eigenvalue weighted by molar-refractivity contribution is -0.138. The van der Waals surface area contributed by atoms with Crippen LogP contribution in [0.15, 0.2) is 105 Å². The predicted molar refractivity (Wildman–Crippen MR) is 162 cm³/mol. The first-order valence-corrected chi connectivity index (χ1v) is 14.5. The molecule has 0 saturated carbocycles. The van der Waals surface area contributed by atoms with Gasteiger partial charge in [0.25, 0.3) is 5.56 Å². The molecule has 210 valence electrons. The highest BCUT2D eigenvalue weighted by atomic mass is 35.5. The summed E-state index contributed by atoms with van der Waals surface area (Å²) in [4.78, 5) is 32.6. The molecule has 0 unspecified atom stereocenters. The minimum absolute atomic E-state index is 0.128. The first-order chi connectivity index (χ1) is 20.3. The molecule has 0 N–H and O–H groups in total. The van der Waals surface area contributed by atoms with Gasteiger partial charge in [-0.3, -0.25) is 9.36 Å². The number of rotatable bonds is 6. The third-order valence-electron chi connectivity index (χ3n) is 6.66. The van der Waals surface area contributed by atoms with Crippen LogP contribution in [0, 0.1) is 5.82 Å². The molecule has 42 heavy (non-hydrogen) atoms. The normalized spacial score (nSPS) is 15.0. The Morgan fingerprint density at radius 3 is 2.55 bits per heavy atom. The number of hydrogen-bond donors (Lipinski definition) is 0. The van der Waals surface area contributed by atoms with Crippen LogP contribution in [0.4, 0.5) is 4.39 Å². The van der Waals surface area contributed by atoms with Crippen molar-refractivity contribution in [3.63, 3.8) is 0 Å². The van der Waals surface area contributed by atoms with Crippen LogP contribution in [0.5, 0.6) is 0 Å². The number of nitrogens with zero attached hydrogens (tertiary/aromatic N) is 2. The van der Waals surface area contributed by atoms with Gasteiger partial charge in [0.05, 0.1) is 33.5 Å². The van der Waals surface area contributed by atoms with Crippen molar-refractivity contribution in [2.24, 2.45) is 4.99 Å². The molecule has 3 heterocycles. The van der Waals surface area contributed by atoms with Gasteiger partial charge in [-0.15, -0.1) is 0 Å². The van der Waals surface area contributed by atoms with Crippen LogP contribution in [0.1, 0.15) is 29.9 Å². The van der Waals surface area contributed by atoms with Gasteiger partial charge in [-0.25, -0.2) is 14.2 Å². The summed E-state index contributed by atoms with van der Waals surface area (Å²) < 4.78 is 27.2. The van der Waals surface area contributed by atoms with Crippen molar-refractivity contribution in [1.82, 2.24) is 4.57 Å². The van der Waals surface area contributed by atoms with Gasteiger partial charge in [0.1, 0.15) is 17.3 Å². The predicted octanol–water partition coefficient (Wildman–Crippen LogP) is 6.64. The van der Waals surface area contributed by atoms with Crippen molar-refractivity contribution in [2.75, 3.05) is 6.61 Å². The van der Waals surface area contributed by atoms with Crippen LogP contribution < -0.4 is 14.9 Å². The van der Waals surface area contributed by atoms with Crippen molar-refractivity contribution >= 4 is 52.3 Å². The minimum Gasteiger partial charge on any atom is -0.463 e. The molecule has 1 aliphatic rings. The number of thiazole rings is 1. The Bertz CT molecular complexity index is 2030. The highest BCUT2D eigenvalue weighted by Gasteiger charge is 2.35. The van der Waals surface area contributed by atoms with E-state index in [4.69, 9.17) is 37.3 Å². The number of benzene rings is 3. The summed E-state index contributed by atoms with van der Waals surface area (Å²) in [5.74, 6) is -0.118. The van der Waals surface area contributed by atoms with E-state index in [9.17, 15) is 14.0 Å². The fraction of sp³-hybridized carbons (Fsp3) is 0.0938. The third kappa shape index (κ3) is 5.25. The lowest BCUT2D eigenvalue weighted by Gasteiger charge is -2.25. The third-order valence-corrected chi connectivity index (χ3v) is 8.19. The van der Waals surface area contributed by atoms with E-state index in [0.717, 1.165) is 11.3 Å². The van der Waals surface area contributed by atoms with Crippen molar-refractivity contribution in [2.45, 2.75) is 13.0 Å². The Hall–Kier alpha value is -4.24. The van der Waals surface area contributed by atoms with Crippen molar-refractivity contribution in [3.05, 3.63) is 143 Å². The molecule has 0 aliphatic carbocycles. The highest BCUT2D eigenvalue weighted by Crippen LogP contribution is 2.35. The Balaban J connectivity index is 1.55. The lowest BCUT2D eigenvalue weighted by atomic mass is 9.93. The maximum atomic E-state index is 14.0. The van der Waals surface area contributed by atoms with Crippen LogP contribution in [0.3, 0.4) is 0 Å².